The summed E-state index contributed by atoms with van der Waals surface area (Å²) >= 11 is 0. The lowest BCUT2D eigenvalue weighted by molar-refractivity contribution is 0.0594. The maximum atomic E-state index is 11.3. The molecule has 0 radical (unpaired) electrons. The standard InChI is InChI=1S/C12H14N4O3/c1-8-4-10(18-2)5-9(13-8)6-16-7-11(14-15-16)12(17)19-3/h4-5,7H,6H2,1-3H3. The number of hydrogen-bond donors (Lipinski definition) is 0. The van der Waals surface area contributed by atoms with Crippen molar-refractivity contribution in [3.63, 3.8) is 0 Å². The molecule has 0 spiro atoms. The Labute approximate surface area is 110 Å². The van der Waals surface area contributed by atoms with Crippen LogP contribution in [0.5, 0.6) is 5.75 Å². The zero-order valence-electron chi connectivity index (χ0n) is 11.0. The van der Waals surface area contributed by atoms with E-state index in [9.17, 15) is 4.79 Å². The van der Waals surface area contributed by atoms with Gasteiger partial charge in [0.05, 0.1) is 32.7 Å². The summed E-state index contributed by atoms with van der Waals surface area (Å²) in [4.78, 5) is 15.6. The molecule has 0 aliphatic heterocycles. The minimum Gasteiger partial charge on any atom is -0.497 e. The van der Waals surface area contributed by atoms with E-state index in [2.05, 4.69) is 20.0 Å². The first-order valence-electron chi connectivity index (χ1n) is 5.62. The van der Waals surface area contributed by atoms with Crippen molar-refractivity contribution in [2.45, 2.75) is 13.5 Å². The highest BCUT2D eigenvalue weighted by atomic mass is 16.5. The second-order valence-electron chi connectivity index (χ2n) is 3.93. The highest BCUT2D eigenvalue weighted by Crippen LogP contribution is 2.14. The number of methoxy groups -OCH3 is 2. The Hall–Kier alpha value is -2.44. The summed E-state index contributed by atoms with van der Waals surface area (Å²) in [6, 6.07) is 3.65. The van der Waals surface area contributed by atoms with Gasteiger partial charge in [0.15, 0.2) is 5.69 Å². The van der Waals surface area contributed by atoms with Crippen LogP contribution in [0, 0.1) is 6.92 Å². The van der Waals surface area contributed by atoms with Gasteiger partial charge in [0.25, 0.3) is 0 Å². The van der Waals surface area contributed by atoms with E-state index < -0.39 is 5.97 Å². The van der Waals surface area contributed by atoms with Gasteiger partial charge >= 0.3 is 5.97 Å². The van der Waals surface area contributed by atoms with Gasteiger partial charge < -0.3 is 9.47 Å². The Kier molecular flexibility index (Phi) is 3.74. The zero-order valence-corrected chi connectivity index (χ0v) is 11.0. The molecular weight excluding hydrogens is 248 g/mol. The number of aromatic nitrogens is 4. The molecule has 0 atom stereocenters. The molecule has 0 saturated heterocycles. The number of pyridine rings is 1. The molecule has 2 heterocycles. The average molecular weight is 262 g/mol. The number of rotatable bonds is 4. The minimum atomic E-state index is -0.513. The normalized spacial score (nSPS) is 10.3. The van der Waals surface area contributed by atoms with Gasteiger partial charge in [-0.15, -0.1) is 5.10 Å². The van der Waals surface area contributed by atoms with E-state index in [-0.39, 0.29) is 5.69 Å². The number of carbonyl (C=O) groups is 1. The van der Waals surface area contributed by atoms with Gasteiger partial charge in [0.1, 0.15) is 5.75 Å². The molecule has 0 N–H and O–H groups in total. The molecule has 0 amide bonds. The fraction of sp³-hybridized carbons (Fsp3) is 0.333. The lowest BCUT2D eigenvalue weighted by Crippen LogP contribution is -2.04. The van der Waals surface area contributed by atoms with Gasteiger partial charge in [-0.25, -0.2) is 9.48 Å². The van der Waals surface area contributed by atoms with Crippen LogP contribution < -0.4 is 4.74 Å². The Balaban J connectivity index is 2.19. The Morgan fingerprint density at radius 1 is 1.37 bits per heavy atom. The van der Waals surface area contributed by atoms with Crippen LogP contribution >= 0.6 is 0 Å². The van der Waals surface area contributed by atoms with Crippen molar-refractivity contribution in [3.8, 4) is 5.75 Å². The van der Waals surface area contributed by atoms with Crippen molar-refractivity contribution in [3.05, 3.63) is 35.4 Å². The largest absolute Gasteiger partial charge is 0.497 e. The number of hydrogen-bond acceptors (Lipinski definition) is 6. The summed E-state index contributed by atoms with van der Waals surface area (Å²) in [5, 5.41) is 7.58. The third-order valence-corrected chi connectivity index (χ3v) is 2.47. The number of nitrogens with zero attached hydrogens (tertiary/aromatic N) is 4. The van der Waals surface area contributed by atoms with Gasteiger partial charge in [0.2, 0.25) is 0 Å². The number of aryl methyl sites for hydroxylation is 1. The highest BCUT2D eigenvalue weighted by Gasteiger charge is 2.11. The van der Waals surface area contributed by atoms with E-state index in [1.165, 1.54) is 18.0 Å². The van der Waals surface area contributed by atoms with Crippen LogP contribution in [0.15, 0.2) is 18.3 Å². The van der Waals surface area contributed by atoms with Crippen LogP contribution in [0.4, 0.5) is 0 Å². The van der Waals surface area contributed by atoms with Gasteiger partial charge in [-0.1, -0.05) is 5.21 Å². The topological polar surface area (TPSA) is 79.1 Å². The Morgan fingerprint density at radius 3 is 2.84 bits per heavy atom. The number of esters is 1. The molecule has 0 unspecified atom stereocenters. The maximum absolute atomic E-state index is 11.3. The van der Waals surface area contributed by atoms with Crippen molar-refractivity contribution in [1.29, 1.82) is 0 Å². The maximum Gasteiger partial charge on any atom is 0.360 e. The molecule has 0 aliphatic rings. The van der Waals surface area contributed by atoms with Crippen LogP contribution in [-0.2, 0) is 11.3 Å². The molecule has 2 rings (SSSR count). The van der Waals surface area contributed by atoms with Crippen molar-refractivity contribution in [2.24, 2.45) is 0 Å². The van der Waals surface area contributed by atoms with Gasteiger partial charge in [-0.05, 0) is 6.92 Å². The molecule has 0 saturated carbocycles. The summed E-state index contributed by atoms with van der Waals surface area (Å²) in [6.45, 7) is 2.29. The lowest BCUT2D eigenvalue weighted by atomic mass is 10.3. The summed E-state index contributed by atoms with van der Waals surface area (Å²) in [5.74, 6) is 0.219. The van der Waals surface area contributed by atoms with E-state index in [1.807, 2.05) is 19.1 Å². The van der Waals surface area contributed by atoms with E-state index in [0.29, 0.717) is 6.54 Å². The molecule has 100 valence electrons. The first kappa shape index (κ1) is 13.0. The van der Waals surface area contributed by atoms with Crippen LogP contribution in [0.1, 0.15) is 21.9 Å². The molecule has 0 bridgehead atoms. The molecule has 0 aliphatic carbocycles. The summed E-state index contributed by atoms with van der Waals surface area (Å²) in [5.41, 5.74) is 1.79. The molecule has 7 heteroatoms. The van der Waals surface area contributed by atoms with Crippen LogP contribution in [0.3, 0.4) is 0 Å². The first-order chi connectivity index (χ1) is 9.12. The predicted octanol–water partition coefficient (Wildman–Crippen LogP) is 0.825. The SMILES string of the molecule is COC(=O)c1cn(Cc2cc(OC)cc(C)n2)nn1. The van der Waals surface area contributed by atoms with E-state index >= 15 is 0 Å². The second-order valence-corrected chi connectivity index (χ2v) is 3.93. The summed E-state index contributed by atoms with van der Waals surface area (Å²) in [7, 11) is 2.90. The van der Waals surface area contributed by atoms with Crippen LogP contribution in [0.2, 0.25) is 0 Å². The lowest BCUT2D eigenvalue weighted by Gasteiger charge is -2.05. The summed E-state index contributed by atoms with van der Waals surface area (Å²) < 4.78 is 11.3. The highest BCUT2D eigenvalue weighted by molar-refractivity contribution is 5.86. The van der Waals surface area contributed by atoms with Gasteiger partial charge in [-0.2, -0.15) is 0 Å². The average Bonchev–Trinajstić information content (AvgIpc) is 2.85. The fourth-order valence-electron chi connectivity index (χ4n) is 1.64. The zero-order chi connectivity index (χ0) is 13.8. The Morgan fingerprint density at radius 2 is 2.16 bits per heavy atom. The van der Waals surface area contributed by atoms with Crippen molar-refractivity contribution < 1.29 is 14.3 Å². The molecule has 7 nitrogen and oxygen atoms in total. The van der Waals surface area contributed by atoms with Crippen LogP contribution in [-0.4, -0.2) is 40.2 Å². The van der Waals surface area contributed by atoms with Gasteiger partial charge in [-0.3, -0.25) is 4.98 Å². The van der Waals surface area contributed by atoms with E-state index in [1.54, 1.807) is 7.11 Å². The monoisotopic (exact) mass is 262 g/mol. The molecule has 2 aromatic rings. The predicted molar refractivity (Wildman–Crippen MR) is 66.0 cm³/mol. The minimum absolute atomic E-state index is 0.169. The molecule has 2 aromatic heterocycles. The smallest absolute Gasteiger partial charge is 0.360 e. The van der Waals surface area contributed by atoms with Gasteiger partial charge in [0, 0.05) is 17.8 Å². The molecular formula is C12H14N4O3. The fourth-order valence-corrected chi connectivity index (χ4v) is 1.64. The molecule has 0 aromatic carbocycles. The number of ether oxygens (including phenoxy) is 2. The first-order valence-corrected chi connectivity index (χ1v) is 5.62. The number of carbonyl (C=O) groups excluding carboxylic acids is 1. The third kappa shape index (κ3) is 3.06. The Bertz CT molecular complexity index is 594. The quantitative estimate of drug-likeness (QED) is 0.759. The molecule has 0 fully saturated rings. The van der Waals surface area contributed by atoms with E-state index in [4.69, 9.17) is 4.74 Å². The third-order valence-electron chi connectivity index (χ3n) is 2.47. The second kappa shape index (κ2) is 5.47. The van der Waals surface area contributed by atoms with Crippen LogP contribution in [0.25, 0.3) is 0 Å². The van der Waals surface area contributed by atoms with E-state index in [0.717, 1.165) is 17.1 Å². The van der Waals surface area contributed by atoms with Crippen molar-refractivity contribution in [2.75, 3.05) is 14.2 Å². The van der Waals surface area contributed by atoms with Crippen molar-refractivity contribution in [1.82, 2.24) is 20.0 Å². The molecule has 19 heavy (non-hydrogen) atoms. The van der Waals surface area contributed by atoms with Crippen molar-refractivity contribution >= 4 is 5.97 Å². The summed E-state index contributed by atoms with van der Waals surface area (Å²) in [6.07, 6.45) is 1.52.